The van der Waals surface area contributed by atoms with Crippen LogP contribution in [0.2, 0.25) is 0 Å². The number of piperidine rings is 1. The van der Waals surface area contributed by atoms with E-state index in [1.54, 1.807) is 24.5 Å². The topological polar surface area (TPSA) is 87.3 Å². The van der Waals surface area contributed by atoms with Crippen LogP contribution < -0.4 is 10.1 Å². The lowest BCUT2D eigenvalue weighted by Gasteiger charge is -2.34. The van der Waals surface area contributed by atoms with Crippen molar-refractivity contribution in [1.29, 1.82) is 0 Å². The Morgan fingerprint density at radius 2 is 1.74 bits per heavy atom. The quantitative estimate of drug-likeness (QED) is 0.416. The summed E-state index contributed by atoms with van der Waals surface area (Å²) < 4.78 is 6.03. The van der Waals surface area contributed by atoms with Crippen LogP contribution in [0.1, 0.15) is 34.8 Å². The minimum atomic E-state index is -0.759. The first kappa shape index (κ1) is 24.3. The fourth-order valence-electron chi connectivity index (χ4n) is 4.32. The SMILES string of the molecule is Cl.O=C(N[C@@H](C(=O)N1CCC(Oc2ccncc2)CC1)c1ccccc1)c1ccc2cc[nH]c2c1. The van der Waals surface area contributed by atoms with E-state index < -0.39 is 6.04 Å². The van der Waals surface area contributed by atoms with E-state index in [1.165, 1.54) is 0 Å². The molecule has 2 aromatic heterocycles. The summed E-state index contributed by atoms with van der Waals surface area (Å²) in [6.45, 7) is 1.14. The van der Waals surface area contributed by atoms with Crippen LogP contribution >= 0.6 is 12.4 Å². The molecule has 1 saturated heterocycles. The van der Waals surface area contributed by atoms with Gasteiger partial charge in [-0.15, -0.1) is 12.4 Å². The summed E-state index contributed by atoms with van der Waals surface area (Å²) in [6, 6.07) is 19.7. The molecule has 1 atom stereocenters. The number of aromatic nitrogens is 2. The number of nitrogens with zero attached hydrogens (tertiary/aromatic N) is 2. The fourth-order valence-corrected chi connectivity index (χ4v) is 4.32. The molecule has 5 rings (SSSR count). The molecule has 2 aromatic carbocycles. The standard InChI is InChI=1S/C27H26N4O3.ClH/c32-26(21-7-6-19-8-15-29-24(19)18-21)30-25(20-4-2-1-3-5-20)27(33)31-16-11-23(12-17-31)34-22-9-13-28-14-10-22;/h1-10,13-15,18,23,25,29H,11-12,16-17H2,(H,30,32);1H/t25-;/m1./s1. The summed E-state index contributed by atoms with van der Waals surface area (Å²) >= 11 is 0. The average molecular weight is 491 g/mol. The maximum absolute atomic E-state index is 13.6. The zero-order valence-electron chi connectivity index (χ0n) is 19.1. The lowest BCUT2D eigenvalue weighted by molar-refractivity contribution is -0.135. The van der Waals surface area contributed by atoms with Crippen LogP contribution in [-0.4, -0.2) is 45.9 Å². The van der Waals surface area contributed by atoms with Gasteiger partial charge in [-0.25, -0.2) is 0 Å². The maximum Gasteiger partial charge on any atom is 0.252 e. The molecule has 35 heavy (non-hydrogen) atoms. The first-order chi connectivity index (χ1) is 16.7. The fraction of sp³-hybridized carbons (Fsp3) is 0.222. The number of ether oxygens (including phenoxy) is 1. The number of aromatic amines is 1. The number of carbonyl (C=O) groups excluding carboxylic acids is 2. The number of halogens is 1. The molecule has 0 bridgehead atoms. The van der Waals surface area contributed by atoms with Crippen LogP contribution in [0.4, 0.5) is 0 Å². The van der Waals surface area contributed by atoms with Crippen LogP contribution in [0.5, 0.6) is 5.75 Å². The smallest absolute Gasteiger partial charge is 0.252 e. The van der Waals surface area contributed by atoms with Gasteiger partial charge < -0.3 is 19.9 Å². The summed E-state index contributed by atoms with van der Waals surface area (Å²) in [5, 5.41) is 4.00. The summed E-state index contributed by atoms with van der Waals surface area (Å²) in [4.78, 5) is 35.6. The molecule has 3 heterocycles. The zero-order valence-corrected chi connectivity index (χ0v) is 19.9. The summed E-state index contributed by atoms with van der Waals surface area (Å²) in [6.07, 6.45) is 6.75. The van der Waals surface area contributed by atoms with Gasteiger partial charge >= 0.3 is 0 Å². The molecule has 7 nitrogen and oxygen atoms in total. The van der Waals surface area contributed by atoms with Gasteiger partial charge in [-0.05, 0) is 41.3 Å². The summed E-state index contributed by atoms with van der Waals surface area (Å²) in [5.41, 5.74) is 2.15. The van der Waals surface area contributed by atoms with Crippen molar-refractivity contribution in [2.24, 2.45) is 0 Å². The second-order valence-electron chi connectivity index (χ2n) is 8.42. The molecule has 0 spiro atoms. The lowest BCUT2D eigenvalue weighted by atomic mass is 10.0. The Labute approximate surface area is 209 Å². The molecule has 180 valence electrons. The Morgan fingerprint density at radius 3 is 2.49 bits per heavy atom. The third kappa shape index (κ3) is 5.63. The van der Waals surface area contributed by atoms with Crippen molar-refractivity contribution < 1.29 is 14.3 Å². The van der Waals surface area contributed by atoms with E-state index in [9.17, 15) is 9.59 Å². The molecule has 1 aliphatic rings. The van der Waals surface area contributed by atoms with Gasteiger partial charge in [0.05, 0.1) is 0 Å². The van der Waals surface area contributed by atoms with E-state index in [2.05, 4.69) is 15.3 Å². The number of pyridine rings is 1. The Balaban J connectivity index is 0.00000289. The predicted octanol–water partition coefficient (Wildman–Crippen LogP) is 4.53. The predicted molar refractivity (Wildman–Crippen MR) is 137 cm³/mol. The molecule has 0 saturated carbocycles. The van der Waals surface area contributed by atoms with Gasteiger partial charge in [0, 0.05) is 55.6 Å². The Morgan fingerprint density at radius 1 is 1.00 bits per heavy atom. The number of nitrogens with one attached hydrogen (secondary N) is 2. The number of likely N-dealkylation sites (tertiary alicyclic amines) is 1. The van der Waals surface area contributed by atoms with E-state index in [1.807, 2.05) is 65.7 Å². The van der Waals surface area contributed by atoms with E-state index in [-0.39, 0.29) is 30.3 Å². The molecular formula is C27H27ClN4O3. The van der Waals surface area contributed by atoms with E-state index in [0.29, 0.717) is 18.7 Å². The van der Waals surface area contributed by atoms with E-state index in [0.717, 1.165) is 35.1 Å². The highest BCUT2D eigenvalue weighted by molar-refractivity contribution is 6.00. The van der Waals surface area contributed by atoms with Crippen LogP contribution in [-0.2, 0) is 4.79 Å². The van der Waals surface area contributed by atoms with Crippen molar-refractivity contribution >= 4 is 35.1 Å². The third-order valence-corrected chi connectivity index (χ3v) is 6.18. The minimum absolute atomic E-state index is 0. The first-order valence-electron chi connectivity index (χ1n) is 11.5. The second kappa shape index (κ2) is 11.1. The molecular weight excluding hydrogens is 464 g/mol. The Bertz CT molecular complexity index is 1270. The molecule has 0 unspecified atom stereocenters. The van der Waals surface area contributed by atoms with Crippen LogP contribution in [0.15, 0.2) is 85.3 Å². The Hall–Kier alpha value is -3.84. The number of carbonyl (C=O) groups is 2. The molecule has 2 amide bonds. The van der Waals surface area contributed by atoms with Gasteiger partial charge in [0.25, 0.3) is 5.91 Å². The monoisotopic (exact) mass is 490 g/mol. The third-order valence-electron chi connectivity index (χ3n) is 6.18. The molecule has 0 aliphatic carbocycles. The number of amides is 2. The van der Waals surface area contributed by atoms with Crippen molar-refractivity contribution in [2.75, 3.05) is 13.1 Å². The van der Waals surface area contributed by atoms with Gasteiger partial charge in [0.2, 0.25) is 5.91 Å². The first-order valence-corrected chi connectivity index (χ1v) is 11.5. The molecule has 2 N–H and O–H groups in total. The van der Waals surface area contributed by atoms with Crippen LogP contribution in [0.25, 0.3) is 10.9 Å². The zero-order chi connectivity index (χ0) is 23.3. The molecule has 4 aromatic rings. The van der Waals surface area contributed by atoms with Gasteiger partial charge in [-0.3, -0.25) is 14.6 Å². The van der Waals surface area contributed by atoms with Crippen LogP contribution in [0, 0.1) is 0 Å². The summed E-state index contributed by atoms with van der Waals surface area (Å²) in [7, 11) is 0. The highest BCUT2D eigenvalue weighted by Gasteiger charge is 2.31. The van der Waals surface area contributed by atoms with Crippen molar-refractivity contribution in [3.63, 3.8) is 0 Å². The van der Waals surface area contributed by atoms with E-state index >= 15 is 0 Å². The van der Waals surface area contributed by atoms with Crippen molar-refractivity contribution in [1.82, 2.24) is 20.2 Å². The highest BCUT2D eigenvalue weighted by atomic mass is 35.5. The number of hydrogen-bond donors (Lipinski definition) is 2. The Kier molecular flexibility index (Phi) is 7.67. The second-order valence-corrected chi connectivity index (χ2v) is 8.42. The van der Waals surface area contributed by atoms with E-state index in [4.69, 9.17) is 4.74 Å². The molecule has 1 aliphatic heterocycles. The maximum atomic E-state index is 13.6. The number of H-pyrrole nitrogens is 1. The average Bonchev–Trinajstić information content (AvgIpc) is 3.36. The minimum Gasteiger partial charge on any atom is -0.490 e. The summed E-state index contributed by atoms with van der Waals surface area (Å²) in [5.74, 6) is 0.394. The van der Waals surface area contributed by atoms with Crippen molar-refractivity contribution in [3.05, 3.63) is 96.4 Å². The number of rotatable bonds is 6. The van der Waals surface area contributed by atoms with Gasteiger partial charge in [0.1, 0.15) is 17.9 Å². The highest BCUT2D eigenvalue weighted by Crippen LogP contribution is 2.23. The normalized spacial score (nSPS) is 14.7. The van der Waals surface area contributed by atoms with Crippen molar-refractivity contribution in [2.45, 2.75) is 25.0 Å². The lowest BCUT2D eigenvalue weighted by Crippen LogP contribution is -2.47. The molecule has 0 radical (unpaired) electrons. The molecule has 1 fully saturated rings. The largest absolute Gasteiger partial charge is 0.490 e. The van der Waals surface area contributed by atoms with Gasteiger partial charge in [0.15, 0.2) is 0 Å². The molecule has 8 heteroatoms. The van der Waals surface area contributed by atoms with Crippen molar-refractivity contribution in [3.8, 4) is 5.75 Å². The van der Waals surface area contributed by atoms with Gasteiger partial charge in [-0.2, -0.15) is 0 Å². The van der Waals surface area contributed by atoms with Crippen LogP contribution in [0.3, 0.4) is 0 Å². The van der Waals surface area contributed by atoms with Gasteiger partial charge in [-0.1, -0.05) is 36.4 Å². The number of hydrogen-bond acceptors (Lipinski definition) is 4. The number of benzene rings is 2. The number of fused-ring (bicyclic) bond motifs is 1.